The lowest BCUT2D eigenvalue weighted by atomic mass is 9.87. The van der Waals surface area contributed by atoms with Crippen LogP contribution in [-0.4, -0.2) is 17.4 Å². The minimum atomic E-state index is -0.550. The Morgan fingerprint density at radius 1 is 1.38 bits per heavy atom. The van der Waals surface area contributed by atoms with Crippen molar-refractivity contribution in [3.8, 4) is 0 Å². The maximum absolute atomic E-state index is 13.2. The molecule has 6 heteroatoms. The fourth-order valence-corrected chi connectivity index (χ4v) is 4.02. The number of benzene rings is 1. The second-order valence-electron chi connectivity index (χ2n) is 7.01. The molecule has 2 aromatic rings. The Kier molecular flexibility index (Phi) is 4.34. The summed E-state index contributed by atoms with van der Waals surface area (Å²) in [5.41, 5.74) is 6.80. The first kappa shape index (κ1) is 16.9. The molecule has 1 aliphatic carbocycles. The lowest BCUT2D eigenvalue weighted by Gasteiger charge is -2.20. The van der Waals surface area contributed by atoms with Crippen molar-refractivity contribution in [1.29, 1.82) is 0 Å². The molecule has 1 atom stereocenters. The SMILES string of the molecule is CC1(C)CC1(C(=O)NCCCc1csc(N)n1)c1ccc(F)cc1. The molecule has 0 bridgehead atoms. The number of aromatic nitrogens is 1. The Labute approximate surface area is 145 Å². The van der Waals surface area contributed by atoms with Crippen molar-refractivity contribution in [2.45, 2.75) is 38.5 Å². The summed E-state index contributed by atoms with van der Waals surface area (Å²) in [5, 5.41) is 5.56. The molecule has 1 aromatic carbocycles. The fraction of sp³-hybridized carbons (Fsp3) is 0.444. The predicted molar refractivity (Wildman–Crippen MR) is 94.3 cm³/mol. The molecule has 128 valence electrons. The zero-order chi connectivity index (χ0) is 17.4. The molecule has 1 amide bonds. The molecule has 0 saturated heterocycles. The number of nitrogens with zero attached hydrogens (tertiary/aromatic N) is 1. The van der Waals surface area contributed by atoms with Crippen LogP contribution in [0, 0.1) is 11.2 Å². The van der Waals surface area contributed by atoms with E-state index in [9.17, 15) is 9.18 Å². The van der Waals surface area contributed by atoms with Crippen LogP contribution in [0.4, 0.5) is 9.52 Å². The summed E-state index contributed by atoms with van der Waals surface area (Å²) in [5.74, 6) is -0.257. The van der Waals surface area contributed by atoms with Crippen molar-refractivity contribution in [2.24, 2.45) is 5.41 Å². The van der Waals surface area contributed by atoms with Gasteiger partial charge < -0.3 is 11.1 Å². The molecule has 4 nitrogen and oxygen atoms in total. The number of aryl methyl sites for hydroxylation is 1. The van der Waals surface area contributed by atoms with E-state index < -0.39 is 5.41 Å². The zero-order valence-corrected chi connectivity index (χ0v) is 14.8. The Morgan fingerprint density at radius 3 is 2.58 bits per heavy atom. The van der Waals surface area contributed by atoms with E-state index in [0.29, 0.717) is 11.7 Å². The molecule has 3 rings (SSSR count). The number of hydrogen-bond acceptors (Lipinski definition) is 4. The normalized spacial score (nSPS) is 21.5. The van der Waals surface area contributed by atoms with Gasteiger partial charge in [0.05, 0.1) is 11.1 Å². The summed E-state index contributed by atoms with van der Waals surface area (Å²) < 4.78 is 13.2. The van der Waals surface area contributed by atoms with Gasteiger partial charge in [-0.2, -0.15) is 0 Å². The highest BCUT2D eigenvalue weighted by Gasteiger charge is 2.66. The molecule has 1 aromatic heterocycles. The highest BCUT2D eigenvalue weighted by Crippen LogP contribution is 2.64. The van der Waals surface area contributed by atoms with Gasteiger partial charge in [-0.3, -0.25) is 4.79 Å². The molecular weight excluding hydrogens is 325 g/mol. The van der Waals surface area contributed by atoms with Crippen LogP contribution in [0.3, 0.4) is 0 Å². The average molecular weight is 347 g/mol. The number of rotatable bonds is 6. The Bertz CT molecular complexity index is 741. The molecule has 24 heavy (non-hydrogen) atoms. The highest BCUT2D eigenvalue weighted by molar-refractivity contribution is 7.13. The van der Waals surface area contributed by atoms with Crippen LogP contribution < -0.4 is 11.1 Å². The van der Waals surface area contributed by atoms with Gasteiger partial charge in [-0.1, -0.05) is 26.0 Å². The molecule has 1 aliphatic rings. The first-order valence-corrected chi connectivity index (χ1v) is 8.97. The third-order valence-corrected chi connectivity index (χ3v) is 5.65. The summed E-state index contributed by atoms with van der Waals surface area (Å²) in [4.78, 5) is 17.0. The summed E-state index contributed by atoms with van der Waals surface area (Å²) in [7, 11) is 0. The topological polar surface area (TPSA) is 68.0 Å². The number of carbonyl (C=O) groups is 1. The van der Waals surface area contributed by atoms with Crippen molar-refractivity contribution < 1.29 is 9.18 Å². The molecule has 0 spiro atoms. The number of halogens is 1. The van der Waals surface area contributed by atoms with Gasteiger partial charge in [0.2, 0.25) is 5.91 Å². The van der Waals surface area contributed by atoms with Gasteiger partial charge in [-0.15, -0.1) is 11.3 Å². The molecule has 1 fully saturated rings. The van der Waals surface area contributed by atoms with Crippen LogP contribution in [0.1, 0.15) is 37.9 Å². The van der Waals surface area contributed by atoms with Crippen LogP contribution in [0.25, 0.3) is 0 Å². The number of thiazole rings is 1. The lowest BCUT2D eigenvalue weighted by Crippen LogP contribution is -2.38. The number of nitrogens with two attached hydrogens (primary N) is 1. The number of amides is 1. The highest BCUT2D eigenvalue weighted by atomic mass is 32.1. The summed E-state index contributed by atoms with van der Waals surface area (Å²) in [6, 6.07) is 6.29. The number of nitrogen functional groups attached to an aromatic ring is 1. The third kappa shape index (κ3) is 3.02. The van der Waals surface area contributed by atoms with Crippen LogP contribution in [0.15, 0.2) is 29.6 Å². The summed E-state index contributed by atoms with van der Waals surface area (Å²) in [6.45, 7) is 4.75. The van der Waals surface area contributed by atoms with Crippen LogP contribution >= 0.6 is 11.3 Å². The maximum atomic E-state index is 13.2. The van der Waals surface area contributed by atoms with E-state index in [-0.39, 0.29) is 17.1 Å². The van der Waals surface area contributed by atoms with E-state index in [1.54, 1.807) is 12.1 Å². The van der Waals surface area contributed by atoms with Crippen molar-refractivity contribution >= 4 is 22.4 Å². The summed E-state index contributed by atoms with van der Waals surface area (Å²) in [6.07, 6.45) is 2.38. The van der Waals surface area contributed by atoms with E-state index >= 15 is 0 Å². The van der Waals surface area contributed by atoms with Crippen LogP contribution in [-0.2, 0) is 16.6 Å². The first-order chi connectivity index (χ1) is 11.3. The zero-order valence-electron chi connectivity index (χ0n) is 13.9. The standard InChI is InChI=1S/C18H22FN3OS/c1-17(2)11-18(17,12-5-7-13(19)8-6-12)15(23)21-9-3-4-14-10-24-16(20)22-14/h5-8,10H,3-4,9,11H2,1-2H3,(H2,20,22)(H,21,23). The molecule has 1 unspecified atom stereocenters. The van der Waals surface area contributed by atoms with E-state index in [4.69, 9.17) is 5.73 Å². The van der Waals surface area contributed by atoms with E-state index in [1.165, 1.54) is 23.5 Å². The van der Waals surface area contributed by atoms with Crippen molar-refractivity contribution in [1.82, 2.24) is 10.3 Å². The molecule has 1 saturated carbocycles. The number of carbonyl (C=O) groups excluding carboxylic acids is 1. The van der Waals surface area contributed by atoms with Gasteiger partial charge in [0.25, 0.3) is 0 Å². The van der Waals surface area contributed by atoms with Crippen molar-refractivity contribution in [3.63, 3.8) is 0 Å². The largest absolute Gasteiger partial charge is 0.375 e. The van der Waals surface area contributed by atoms with Gasteiger partial charge in [0, 0.05) is 11.9 Å². The van der Waals surface area contributed by atoms with E-state index in [1.807, 2.05) is 5.38 Å². The van der Waals surface area contributed by atoms with Gasteiger partial charge in [0.1, 0.15) is 5.82 Å². The number of hydrogen-bond donors (Lipinski definition) is 2. The Hall–Kier alpha value is -1.95. The second-order valence-corrected chi connectivity index (χ2v) is 7.90. The molecular formula is C18H22FN3OS. The van der Waals surface area contributed by atoms with Crippen LogP contribution in [0.2, 0.25) is 0 Å². The molecule has 1 heterocycles. The number of anilines is 1. The second kappa shape index (κ2) is 6.16. The van der Waals surface area contributed by atoms with Crippen molar-refractivity contribution in [2.75, 3.05) is 12.3 Å². The Balaban J connectivity index is 1.60. The maximum Gasteiger partial charge on any atom is 0.231 e. The molecule has 0 radical (unpaired) electrons. The van der Waals surface area contributed by atoms with Gasteiger partial charge in [-0.25, -0.2) is 9.37 Å². The summed E-state index contributed by atoms with van der Waals surface area (Å²) >= 11 is 1.43. The lowest BCUT2D eigenvalue weighted by molar-refractivity contribution is -0.124. The van der Waals surface area contributed by atoms with E-state index in [2.05, 4.69) is 24.1 Å². The van der Waals surface area contributed by atoms with Gasteiger partial charge >= 0.3 is 0 Å². The minimum Gasteiger partial charge on any atom is -0.375 e. The van der Waals surface area contributed by atoms with E-state index in [0.717, 1.165) is 30.5 Å². The van der Waals surface area contributed by atoms with Gasteiger partial charge in [-0.05, 0) is 42.4 Å². The molecule has 0 aliphatic heterocycles. The minimum absolute atomic E-state index is 0.0249. The smallest absolute Gasteiger partial charge is 0.231 e. The molecule has 3 N–H and O–H groups in total. The first-order valence-electron chi connectivity index (χ1n) is 8.09. The monoisotopic (exact) mass is 347 g/mol. The Morgan fingerprint density at radius 2 is 2.04 bits per heavy atom. The average Bonchev–Trinajstić information content (AvgIpc) is 2.89. The quantitative estimate of drug-likeness (QED) is 0.788. The van der Waals surface area contributed by atoms with Crippen molar-refractivity contribution in [3.05, 3.63) is 46.7 Å². The van der Waals surface area contributed by atoms with Gasteiger partial charge in [0.15, 0.2) is 5.13 Å². The third-order valence-electron chi connectivity index (χ3n) is 4.93. The predicted octanol–water partition coefficient (Wildman–Crippen LogP) is 3.28. The fourth-order valence-electron chi connectivity index (χ4n) is 3.42. The van der Waals surface area contributed by atoms with Crippen LogP contribution in [0.5, 0.6) is 0 Å². The number of nitrogens with one attached hydrogen (secondary N) is 1.